The van der Waals surface area contributed by atoms with Crippen LogP contribution in [0.3, 0.4) is 0 Å². The van der Waals surface area contributed by atoms with E-state index >= 15 is 0 Å². The van der Waals surface area contributed by atoms with Crippen LogP contribution >= 0.6 is 11.6 Å². The standard InChI is InChI=1S/C21H21ClN4/c1-15(17-3-2-4-18(22)11-17)20-7-6-19-14-25(9-10-26(19)20)21-8-5-16(12-23)13-24-21/h2-5,8,11,13,19-20H,1,6-7,9-10,14H2/t19-,20-/m0/s1. The number of fused-ring (bicyclic) bond motifs is 1. The number of anilines is 1. The average molecular weight is 365 g/mol. The lowest BCUT2D eigenvalue weighted by molar-refractivity contribution is 0.203. The molecular weight excluding hydrogens is 344 g/mol. The van der Waals surface area contributed by atoms with Crippen molar-refractivity contribution in [2.45, 2.75) is 24.9 Å². The summed E-state index contributed by atoms with van der Waals surface area (Å²) in [7, 11) is 0. The van der Waals surface area contributed by atoms with Crippen LogP contribution in [-0.2, 0) is 0 Å². The van der Waals surface area contributed by atoms with Gasteiger partial charge in [0.05, 0.1) is 5.56 Å². The number of nitrogens with zero attached hydrogens (tertiary/aromatic N) is 4. The Morgan fingerprint density at radius 1 is 1.23 bits per heavy atom. The fourth-order valence-electron chi connectivity index (χ4n) is 4.16. The van der Waals surface area contributed by atoms with Crippen molar-refractivity contribution in [2.75, 3.05) is 24.5 Å². The second-order valence-corrected chi connectivity index (χ2v) is 7.42. The Morgan fingerprint density at radius 2 is 2.12 bits per heavy atom. The minimum atomic E-state index is 0.384. The van der Waals surface area contributed by atoms with Gasteiger partial charge in [0.25, 0.3) is 0 Å². The zero-order valence-electron chi connectivity index (χ0n) is 14.6. The van der Waals surface area contributed by atoms with Crippen LogP contribution in [0.5, 0.6) is 0 Å². The Morgan fingerprint density at radius 3 is 2.85 bits per heavy atom. The smallest absolute Gasteiger partial charge is 0.128 e. The third-order valence-corrected chi connectivity index (χ3v) is 5.74. The van der Waals surface area contributed by atoms with Gasteiger partial charge in [0, 0.05) is 42.9 Å². The maximum Gasteiger partial charge on any atom is 0.128 e. The van der Waals surface area contributed by atoms with Gasteiger partial charge in [-0.05, 0) is 48.2 Å². The van der Waals surface area contributed by atoms with Gasteiger partial charge in [-0.3, -0.25) is 4.90 Å². The molecule has 2 saturated heterocycles. The summed E-state index contributed by atoms with van der Waals surface area (Å²) in [5, 5.41) is 9.69. The van der Waals surface area contributed by atoms with E-state index in [-0.39, 0.29) is 0 Å². The summed E-state index contributed by atoms with van der Waals surface area (Å²) in [6, 6.07) is 14.8. The summed E-state index contributed by atoms with van der Waals surface area (Å²) in [4.78, 5) is 9.36. The topological polar surface area (TPSA) is 43.2 Å². The van der Waals surface area contributed by atoms with Crippen LogP contribution in [0.25, 0.3) is 5.57 Å². The number of halogens is 1. The Hall–Kier alpha value is -2.35. The molecule has 0 N–H and O–H groups in total. The number of hydrogen-bond donors (Lipinski definition) is 0. The van der Waals surface area contributed by atoms with E-state index < -0.39 is 0 Å². The molecule has 2 aromatic rings. The lowest BCUT2D eigenvalue weighted by Gasteiger charge is -2.41. The molecule has 4 rings (SSSR count). The number of pyridine rings is 1. The zero-order chi connectivity index (χ0) is 18.1. The van der Waals surface area contributed by atoms with Crippen LogP contribution in [0.2, 0.25) is 5.02 Å². The molecule has 2 fully saturated rings. The predicted molar refractivity (Wildman–Crippen MR) is 105 cm³/mol. The van der Waals surface area contributed by atoms with E-state index in [0.29, 0.717) is 17.6 Å². The largest absolute Gasteiger partial charge is 0.354 e. The monoisotopic (exact) mass is 364 g/mol. The van der Waals surface area contributed by atoms with Gasteiger partial charge >= 0.3 is 0 Å². The highest BCUT2D eigenvalue weighted by Crippen LogP contribution is 2.36. The molecule has 3 heterocycles. The molecule has 2 atom stereocenters. The number of hydrogen-bond acceptors (Lipinski definition) is 4. The van der Waals surface area contributed by atoms with Gasteiger partial charge in [-0.1, -0.05) is 30.3 Å². The molecule has 0 aliphatic carbocycles. The minimum Gasteiger partial charge on any atom is -0.354 e. The molecule has 0 amide bonds. The molecule has 2 aliphatic rings. The number of benzene rings is 1. The normalized spacial score (nSPS) is 22.7. The van der Waals surface area contributed by atoms with Crippen LogP contribution in [0.15, 0.2) is 49.2 Å². The molecule has 1 aromatic heterocycles. The number of nitriles is 1. The van der Waals surface area contributed by atoms with Gasteiger partial charge in [-0.25, -0.2) is 4.98 Å². The van der Waals surface area contributed by atoms with Crippen molar-refractivity contribution >= 4 is 23.0 Å². The summed E-state index contributed by atoms with van der Waals surface area (Å²) in [5.74, 6) is 0.959. The van der Waals surface area contributed by atoms with Crippen LogP contribution < -0.4 is 4.90 Å². The summed E-state index contributed by atoms with van der Waals surface area (Å²) in [6.45, 7) is 7.28. The third kappa shape index (κ3) is 3.21. The molecular formula is C21H21ClN4. The van der Waals surface area contributed by atoms with E-state index in [1.165, 1.54) is 5.57 Å². The molecule has 1 aromatic carbocycles. The fourth-order valence-corrected chi connectivity index (χ4v) is 4.35. The lowest BCUT2D eigenvalue weighted by atomic mass is 9.98. The molecule has 132 valence electrons. The Labute approximate surface area is 159 Å². The summed E-state index contributed by atoms with van der Waals surface area (Å²) >= 11 is 6.15. The Balaban J connectivity index is 1.46. The lowest BCUT2D eigenvalue weighted by Crippen LogP contribution is -2.53. The van der Waals surface area contributed by atoms with E-state index in [4.69, 9.17) is 16.9 Å². The summed E-state index contributed by atoms with van der Waals surface area (Å²) < 4.78 is 0. The second kappa shape index (κ2) is 7.11. The quantitative estimate of drug-likeness (QED) is 0.826. The van der Waals surface area contributed by atoms with Crippen LogP contribution in [0, 0.1) is 11.3 Å². The van der Waals surface area contributed by atoms with E-state index in [0.717, 1.165) is 48.9 Å². The Bertz CT molecular complexity index is 855. The molecule has 5 heteroatoms. The van der Waals surface area contributed by atoms with Crippen molar-refractivity contribution in [1.29, 1.82) is 5.26 Å². The molecule has 26 heavy (non-hydrogen) atoms. The van der Waals surface area contributed by atoms with Crippen LogP contribution in [-0.4, -0.2) is 41.6 Å². The summed E-state index contributed by atoms with van der Waals surface area (Å²) in [5.41, 5.74) is 2.91. The predicted octanol–water partition coefficient (Wildman–Crippen LogP) is 3.97. The summed E-state index contributed by atoms with van der Waals surface area (Å²) in [6.07, 6.45) is 3.95. The first-order valence-corrected chi connectivity index (χ1v) is 9.35. The van der Waals surface area contributed by atoms with Crippen molar-refractivity contribution in [3.05, 3.63) is 65.3 Å². The fraction of sp³-hybridized carbons (Fsp3) is 0.333. The molecule has 2 aliphatic heterocycles. The zero-order valence-corrected chi connectivity index (χ0v) is 15.4. The van der Waals surface area contributed by atoms with E-state index in [2.05, 4.69) is 33.5 Å². The van der Waals surface area contributed by atoms with Gasteiger partial charge in [0.15, 0.2) is 0 Å². The van der Waals surface area contributed by atoms with Crippen molar-refractivity contribution in [3.63, 3.8) is 0 Å². The Kier molecular flexibility index (Phi) is 4.67. The van der Waals surface area contributed by atoms with Crippen molar-refractivity contribution in [2.24, 2.45) is 0 Å². The number of aromatic nitrogens is 1. The molecule has 0 spiro atoms. The highest BCUT2D eigenvalue weighted by atomic mass is 35.5. The molecule has 0 unspecified atom stereocenters. The minimum absolute atomic E-state index is 0.384. The molecule has 0 radical (unpaired) electrons. The first kappa shape index (κ1) is 17.1. The first-order chi connectivity index (χ1) is 12.7. The third-order valence-electron chi connectivity index (χ3n) is 5.50. The van der Waals surface area contributed by atoms with E-state index in [1.54, 1.807) is 6.20 Å². The van der Waals surface area contributed by atoms with Crippen LogP contribution in [0.4, 0.5) is 5.82 Å². The van der Waals surface area contributed by atoms with E-state index in [1.807, 2.05) is 30.3 Å². The SMILES string of the molecule is C=C(c1cccc(Cl)c1)[C@@H]1CC[C@H]2CN(c3ccc(C#N)cn3)CCN21. The number of rotatable bonds is 3. The number of piperazine rings is 1. The van der Waals surface area contributed by atoms with Gasteiger partial charge < -0.3 is 4.90 Å². The van der Waals surface area contributed by atoms with Crippen molar-refractivity contribution in [1.82, 2.24) is 9.88 Å². The van der Waals surface area contributed by atoms with Crippen molar-refractivity contribution < 1.29 is 0 Å². The second-order valence-electron chi connectivity index (χ2n) is 6.98. The van der Waals surface area contributed by atoms with E-state index in [9.17, 15) is 0 Å². The molecule has 0 bridgehead atoms. The highest BCUT2D eigenvalue weighted by molar-refractivity contribution is 6.30. The highest BCUT2D eigenvalue weighted by Gasteiger charge is 2.38. The maximum atomic E-state index is 8.93. The van der Waals surface area contributed by atoms with Crippen LogP contribution in [0.1, 0.15) is 24.0 Å². The van der Waals surface area contributed by atoms with Gasteiger partial charge in [0.1, 0.15) is 11.9 Å². The maximum absolute atomic E-state index is 8.93. The first-order valence-electron chi connectivity index (χ1n) is 8.97. The van der Waals surface area contributed by atoms with Gasteiger partial charge in [0.2, 0.25) is 0 Å². The average Bonchev–Trinajstić information content (AvgIpc) is 3.10. The van der Waals surface area contributed by atoms with Gasteiger partial charge in [-0.15, -0.1) is 0 Å². The van der Waals surface area contributed by atoms with Crippen molar-refractivity contribution in [3.8, 4) is 6.07 Å². The molecule has 0 saturated carbocycles. The van der Waals surface area contributed by atoms with Gasteiger partial charge in [-0.2, -0.15) is 5.26 Å². The molecule has 4 nitrogen and oxygen atoms in total.